The Morgan fingerprint density at radius 2 is 2.46 bits per heavy atom. The molecule has 0 bridgehead atoms. The lowest BCUT2D eigenvalue weighted by molar-refractivity contribution is 0.253. The van der Waals surface area contributed by atoms with Crippen molar-refractivity contribution in [2.45, 2.75) is 6.42 Å². The zero-order valence-electron chi connectivity index (χ0n) is 7.23. The van der Waals surface area contributed by atoms with E-state index in [1.807, 2.05) is 0 Å². The lowest BCUT2D eigenvalue weighted by Crippen LogP contribution is -2.38. The van der Waals surface area contributed by atoms with Gasteiger partial charge in [-0.3, -0.25) is 4.90 Å². The topological polar surface area (TPSA) is 101 Å². The number of amides is 2. The normalized spacial score (nSPS) is 9.92. The van der Waals surface area contributed by atoms with Crippen LogP contribution >= 0.6 is 0 Å². The Hall–Kier alpha value is -1.56. The van der Waals surface area contributed by atoms with Gasteiger partial charge < -0.3 is 16.5 Å². The fourth-order valence-corrected chi connectivity index (χ4v) is 0.974. The average Bonchev–Trinajstić information content (AvgIpc) is 2.57. The van der Waals surface area contributed by atoms with Gasteiger partial charge in [-0.1, -0.05) is 0 Å². The minimum atomic E-state index is -0.525. The Bertz CT molecular complexity index is 258. The third kappa shape index (κ3) is 2.45. The minimum absolute atomic E-state index is 0.459. The number of aromatic amines is 1. The number of nitrogens with two attached hydrogens (primary N) is 2. The van der Waals surface area contributed by atoms with Gasteiger partial charge in [0.1, 0.15) is 0 Å². The smallest absolute Gasteiger partial charge is 0.321 e. The molecular weight excluding hydrogens is 170 g/mol. The first-order valence-electron chi connectivity index (χ1n) is 4.02. The van der Waals surface area contributed by atoms with Crippen LogP contribution < -0.4 is 16.4 Å². The van der Waals surface area contributed by atoms with E-state index in [0.717, 1.165) is 0 Å². The maximum atomic E-state index is 11.0. The third-order valence-corrected chi connectivity index (χ3v) is 1.59. The molecule has 13 heavy (non-hydrogen) atoms. The summed E-state index contributed by atoms with van der Waals surface area (Å²) in [6.45, 7) is 1.00. The van der Waals surface area contributed by atoms with Crippen LogP contribution in [0.2, 0.25) is 0 Å². The number of hydrogen-bond donors (Lipinski definition) is 3. The minimum Gasteiger partial charge on any atom is -0.351 e. The Labute approximate surface area is 75.9 Å². The fourth-order valence-electron chi connectivity index (χ4n) is 0.974. The standard InChI is InChI=1S/C7H13N5O/c8-2-1-5-12(6(9)13)7-10-3-4-11-7/h3-4H,1-2,5,8H2,(H2,9,13)(H,10,11). The summed E-state index contributed by atoms with van der Waals surface area (Å²) < 4.78 is 0. The van der Waals surface area contributed by atoms with Crippen molar-refractivity contribution in [2.24, 2.45) is 11.5 Å². The number of hydrogen-bond acceptors (Lipinski definition) is 3. The number of primary amides is 1. The Balaban J connectivity index is 2.63. The fraction of sp³-hybridized carbons (Fsp3) is 0.429. The second kappa shape index (κ2) is 4.46. The van der Waals surface area contributed by atoms with E-state index < -0.39 is 6.03 Å². The molecule has 1 aromatic heterocycles. The van der Waals surface area contributed by atoms with E-state index in [2.05, 4.69) is 9.97 Å². The highest BCUT2D eigenvalue weighted by Crippen LogP contribution is 2.05. The van der Waals surface area contributed by atoms with Gasteiger partial charge in [0.05, 0.1) is 0 Å². The lowest BCUT2D eigenvalue weighted by Gasteiger charge is -2.16. The van der Waals surface area contributed by atoms with Crippen molar-refractivity contribution in [2.75, 3.05) is 18.0 Å². The van der Waals surface area contributed by atoms with Gasteiger partial charge in [-0.2, -0.15) is 0 Å². The maximum Gasteiger partial charge on any atom is 0.321 e. The third-order valence-electron chi connectivity index (χ3n) is 1.59. The van der Waals surface area contributed by atoms with Crippen molar-refractivity contribution in [1.82, 2.24) is 9.97 Å². The summed E-state index contributed by atoms with van der Waals surface area (Å²) in [5.41, 5.74) is 10.5. The van der Waals surface area contributed by atoms with Gasteiger partial charge in [-0.05, 0) is 13.0 Å². The van der Waals surface area contributed by atoms with Crippen LogP contribution in [0, 0.1) is 0 Å². The van der Waals surface area contributed by atoms with E-state index in [1.54, 1.807) is 12.4 Å². The van der Waals surface area contributed by atoms with Crippen molar-refractivity contribution in [3.8, 4) is 0 Å². The van der Waals surface area contributed by atoms with Gasteiger partial charge in [-0.25, -0.2) is 9.78 Å². The summed E-state index contributed by atoms with van der Waals surface area (Å²) in [5.74, 6) is 0.459. The summed E-state index contributed by atoms with van der Waals surface area (Å²) in [7, 11) is 0. The van der Waals surface area contributed by atoms with E-state index >= 15 is 0 Å². The molecule has 0 spiro atoms. The molecular formula is C7H13N5O. The summed E-state index contributed by atoms with van der Waals surface area (Å²) >= 11 is 0. The molecule has 0 aliphatic rings. The molecule has 0 saturated carbocycles. The first-order chi connectivity index (χ1) is 6.25. The van der Waals surface area contributed by atoms with Crippen LogP contribution in [0.4, 0.5) is 10.7 Å². The largest absolute Gasteiger partial charge is 0.351 e. The van der Waals surface area contributed by atoms with Crippen LogP contribution in [0.5, 0.6) is 0 Å². The number of nitrogens with one attached hydrogen (secondary N) is 1. The molecule has 5 N–H and O–H groups in total. The number of urea groups is 1. The predicted molar refractivity (Wildman–Crippen MR) is 49.2 cm³/mol. The average molecular weight is 183 g/mol. The van der Waals surface area contributed by atoms with Crippen molar-refractivity contribution < 1.29 is 4.79 Å². The first-order valence-corrected chi connectivity index (χ1v) is 4.02. The van der Waals surface area contributed by atoms with E-state index in [1.165, 1.54) is 4.90 Å². The van der Waals surface area contributed by atoms with Crippen LogP contribution in [0.1, 0.15) is 6.42 Å². The molecule has 1 aromatic rings. The summed E-state index contributed by atoms with van der Waals surface area (Å²) in [6.07, 6.45) is 3.89. The van der Waals surface area contributed by atoms with Crippen molar-refractivity contribution >= 4 is 12.0 Å². The lowest BCUT2D eigenvalue weighted by atomic mass is 10.4. The molecule has 0 fully saturated rings. The molecule has 0 aliphatic carbocycles. The molecule has 0 radical (unpaired) electrons. The highest BCUT2D eigenvalue weighted by atomic mass is 16.2. The quantitative estimate of drug-likeness (QED) is 0.594. The number of anilines is 1. The number of rotatable bonds is 4. The van der Waals surface area contributed by atoms with Crippen LogP contribution in [-0.4, -0.2) is 29.1 Å². The number of imidazole rings is 1. The molecule has 1 heterocycles. The van der Waals surface area contributed by atoms with Crippen LogP contribution in [0.15, 0.2) is 12.4 Å². The number of H-pyrrole nitrogens is 1. The molecule has 2 amide bonds. The predicted octanol–water partition coefficient (Wildman–Crippen LogP) is -0.356. The van der Waals surface area contributed by atoms with Gasteiger partial charge in [-0.15, -0.1) is 0 Å². The van der Waals surface area contributed by atoms with Gasteiger partial charge in [0, 0.05) is 18.9 Å². The van der Waals surface area contributed by atoms with E-state index in [9.17, 15) is 4.79 Å². The molecule has 72 valence electrons. The Morgan fingerprint density at radius 3 is 2.92 bits per heavy atom. The van der Waals surface area contributed by atoms with Gasteiger partial charge in [0.15, 0.2) is 0 Å². The molecule has 0 atom stereocenters. The molecule has 0 unspecified atom stereocenters. The Kier molecular flexibility index (Phi) is 3.27. The molecule has 0 aromatic carbocycles. The highest BCUT2D eigenvalue weighted by molar-refractivity contribution is 5.88. The number of carbonyl (C=O) groups is 1. The van der Waals surface area contributed by atoms with Crippen molar-refractivity contribution in [3.63, 3.8) is 0 Å². The SMILES string of the molecule is NCCCN(C(N)=O)c1ncc[nH]1. The number of aromatic nitrogens is 2. The zero-order chi connectivity index (χ0) is 9.68. The van der Waals surface area contributed by atoms with Crippen LogP contribution in [0.25, 0.3) is 0 Å². The van der Waals surface area contributed by atoms with E-state index in [0.29, 0.717) is 25.5 Å². The summed E-state index contributed by atoms with van der Waals surface area (Å²) in [4.78, 5) is 19.0. The van der Waals surface area contributed by atoms with Crippen molar-refractivity contribution in [1.29, 1.82) is 0 Å². The monoisotopic (exact) mass is 183 g/mol. The zero-order valence-corrected chi connectivity index (χ0v) is 7.23. The van der Waals surface area contributed by atoms with Gasteiger partial charge in [0.2, 0.25) is 5.95 Å². The number of carbonyl (C=O) groups excluding carboxylic acids is 1. The van der Waals surface area contributed by atoms with Gasteiger partial charge in [0.25, 0.3) is 0 Å². The molecule has 0 aliphatic heterocycles. The summed E-state index contributed by atoms with van der Waals surface area (Å²) in [5, 5.41) is 0. The summed E-state index contributed by atoms with van der Waals surface area (Å²) in [6, 6.07) is -0.525. The second-order valence-corrected chi connectivity index (χ2v) is 2.54. The number of nitrogens with zero attached hydrogens (tertiary/aromatic N) is 2. The molecule has 1 rings (SSSR count). The van der Waals surface area contributed by atoms with Gasteiger partial charge >= 0.3 is 6.03 Å². The first kappa shape index (κ1) is 9.53. The highest BCUT2D eigenvalue weighted by Gasteiger charge is 2.12. The van der Waals surface area contributed by atoms with E-state index in [4.69, 9.17) is 11.5 Å². The van der Waals surface area contributed by atoms with Crippen molar-refractivity contribution in [3.05, 3.63) is 12.4 Å². The molecule has 0 saturated heterocycles. The molecule has 6 heteroatoms. The van der Waals surface area contributed by atoms with Crippen LogP contribution in [-0.2, 0) is 0 Å². The van der Waals surface area contributed by atoms with Crippen LogP contribution in [0.3, 0.4) is 0 Å². The molecule has 6 nitrogen and oxygen atoms in total. The Morgan fingerprint density at radius 1 is 1.69 bits per heavy atom. The maximum absolute atomic E-state index is 11.0. The van der Waals surface area contributed by atoms with E-state index in [-0.39, 0.29) is 0 Å². The second-order valence-electron chi connectivity index (χ2n) is 2.54.